The number of benzene rings is 8. The van der Waals surface area contributed by atoms with Crippen molar-refractivity contribution in [1.29, 1.82) is 0 Å². The van der Waals surface area contributed by atoms with Crippen molar-refractivity contribution in [2.75, 3.05) is 0 Å². The molecule has 3 nitrogen and oxygen atoms in total. The fourth-order valence-corrected chi connectivity index (χ4v) is 11.3. The molecular weight excluding hydrogens is 771 g/mol. The topological polar surface area (TPSA) is 30.7 Å². The third kappa shape index (κ3) is 5.92. The SMILES string of the molecule is CC1(C)CCC(C)(C)c2cc3c(cc21)c1ccccc1n3-c1ccc2ccc(-c3cc(-c4ccc(-c5cccc6c5sc5ccccc56)cc4)nc(-c4ccccc4)n3)cc2c1. The zero-order valence-electron chi connectivity index (χ0n) is 35.4. The molecule has 0 amide bonds. The lowest BCUT2D eigenvalue weighted by Gasteiger charge is -2.42. The molecule has 0 atom stereocenters. The minimum atomic E-state index is 0.115. The zero-order valence-corrected chi connectivity index (χ0v) is 36.2. The Balaban J connectivity index is 0.975. The van der Waals surface area contributed by atoms with Crippen LogP contribution in [0.5, 0.6) is 0 Å². The second kappa shape index (κ2) is 13.8. The van der Waals surface area contributed by atoms with Crippen LogP contribution in [0.1, 0.15) is 51.7 Å². The number of fused-ring (bicyclic) bond motifs is 8. The molecule has 0 saturated heterocycles. The van der Waals surface area contributed by atoms with E-state index in [-0.39, 0.29) is 10.8 Å². The summed E-state index contributed by atoms with van der Waals surface area (Å²) in [6.07, 6.45) is 2.38. The second-order valence-electron chi connectivity index (χ2n) is 18.5. The molecule has 3 heterocycles. The molecule has 0 bridgehead atoms. The van der Waals surface area contributed by atoms with Gasteiger partial charge in [-0.15, -0.1) is 11.3 Å². The molecule has 0 fully saturated rings. The summed E-state index contributed by atoms with van der Waals surface area (Å²) in [6, 6.07) is 64.3. The molecule has 0 spiro atoms. The van der Waals surface area contributed by atoms with Crippen LogP contribution in [0.25, 0.3) is 103 Å². The summed E-state index contributed by atoms with van der Waals surface area (Å²) in [5.74, 6) is 0.714. The smallest absolute Gasteiger partial charge is 0.160 e. The Morgan fingerprint density at radius 3 is 1.90 bits per heavy atom. The van der Waals surface area contributed by atoms with Crippen molar-refractivity contribution in [3.8, 4) is 50.7 Å². The van der Waals surface area contributed by atoms with Crippen molar-refractivity contribution in [3.05, 3.63) is 187 Å². The van der Waals surface area contributed by atoms with Crippen LogP contribution < -0.4 is 0 Å². The second-order valence-corrected chi connectivity index (χ2v) is 19.5. The van der Waals surface area contributed by atoms with Crippen LogP contribution in [0.2, 0.25) is 0 Å². The Morgan fingerprint density at radius 2 is 1.10 bits per heavy atom. The molecule has 8 aromatic carbocycles. The Labute approximate surface area is 366 Å². The van der Waals surface area contributed by atoms with Gasteiger partial charge in [0.2, 0.25) is 0 Å². The number of aromatic nitrogens is 3. The average molecular weight is 816 g/mol. The quantitative estimate of drug-likeness (QED) is 0.173. The Morgan fingerprint density at radius 1 is 0.452 bits per heavy atom. The van der Waals surface area contributed by atoms with Crippen molar-refractivity contribution in [2.24, 2.45) is 0 Å². The first kappa shape index (κ1) is 36.9. The average Bonchev–Trinajstić information content (AvgIpc) is 3.86. The first-order valence-electron chi connectivity index (χ1n) is 21.8. The predicted octanol–water partition coefficient (Wildman–Crippen LogP) is 16.1. The minimum absolute atomic E-state index is 0.115. The van der Waals surface area contributed by atoms with Crippen molar-refractivity contribution in [2.45, 2.75) is 51.4 Å². The summed E-state index contributed by atoms with van der Waals surface area (Å²) in [4.78, 5) is 10.4. The first-order chi connectivity index (χ1) is 30.2. The lowest BCUT2D eigenvalue weighted by atomic mass is 9.63. The van der Waals surface area contributed by atoms with Gasteiger partial charge in [0.25, 0.3) is 0 Å². The summed E-state index contributed by atoms with van der Waals surface area (Å²) < 4.78 is 5.12. The van der Waals surface area contributed by atoms with E-state index in [1.165, 1.54) is 87.8 Å². The standard InChI is InChI=1S/C58H45N3S/c1-57(2)29-30-58(3,4)49-34-53-47(33-48(49)57)44-15-8-10-19-52(44)61(53)42-28-27-36-21-26-40(31-41(36)32-42)51-35-50(59-56(60-51)39-13-6-5-7-14-39)38-24-22-37(23-25-38)43-17-12-18-46-45-16-9-11-20-54(45)62-55(43)46/h5-28,31-35H,29-30H2,1-4H3. The summed E-state index contributed by atoms with van der Waals surface area (Å²) >= 11 is 1.87. The summed E-state index contributed by atoms with van der Waals surface area (Å²) in [6.45, 7) is 9.67. The lowest BCUT2D eigenvalue weighted by Crippen LogP contribution is -2.33. The highest BCUT2D eigenvalue weighted by Crippen LogP contribution is 2.49. The Bertz CT molecular complexity index is 3570. The summed E-state index contributed by atoms with van der Waals surface area (Å²) in [5.41, 5.74) is 14.2. The maximum absolute atomic E-state index is 5.23. The molecule has 0 radical (unpaired) electrons. The van der Waals surface area contributed by atoms with Gasteiger partial charge in [0.05, 0.1) is 22.4 Å². The maximum atomic E-state index is 5.23. The van der Waals surface area contributed by atoms with Gasteiger partial charge in [-0.05, 0) is 105 Å². The third-order valence-corrected chi connectivity index (χ3v) is 14.9. The minimum Gasteiger partial charge on any atom is -0.309 e. The molecule has 298 valence electrons. The van der Waals surface area contributed by atoms with Gasteiger partial charge >= 0.3 is 0 Å². The zero-order chi connectivity index (χ0) is 41.7. The molecule has 1 aliphatic carbocycles. The number of hydrogen-bond donors (Lipinski definition) is 0. The van der Waals surface area contributed by atoms with Crippen LogP contribution in [0.15, 0.2) is 176 Å². The number of hydrogen-bond acceptors (Lipinski definition) is 3. The largest absolute Gasteiger partial charge is 0.309 e. The predicted molar refractivity (Wildman–Crippen MR) is 264 cm³/mol. The van der Waals surface area contributed by atoms with E-state index < -0.39 is 0 Å². The van der Waals surface area contributed by atoms with Gasteiger partial charge in [-0.1, -0.05) is 155 Å². The van der Waals surface area contributed by atoms with E-state index in [0.29, 0.717) is 5.82 Å². The molecule has 0 N–H and O–H groups in total. The molecule has 0 aliphatic heterocycles. The lowest BCUT2D eigenvalue weighted by molar-refractivity contribution is 0.332. The van der Waals surface area contributed by atoms with Crippen molar-refractivity contribution in [1.82, 2.24) is 14.5 Å². The molecule has 0 unspecified atom stereocenters. The molecule has 11 aromatic rings. The van der Waals surface area contributed by atoms with Crippen LogP contribution in [-0.4, -0.2) is 14.5 Å². The van der Waals surface area contributed by atoms with E-state index in [2.05, 4.69) is 202 Å². The summed E-state index contributed by atoms with van der Waals surface area (Å²) in [7, 11) is 0. The number of thiophene rings is 1. The van der Waals surface area contributed by atoms with E-state index in [1.54, 1.807) is 0 Å². The van der Waals surface area contributed by atoms with Gasteiger partial charge in [0.1, 0.15) is 0 Å². The molecule has 12 rings (SSSR count). The van der Waals surface area contributed by atoms with Gasteiger partial charge in [0.15, 0.2) is 5.82 Å². The van der Waals surface area contributed by atoms with E-state index in [9.17, 15) is 0 Å². The van der Waals surface area contributed by atoms with Crippen molar-refractivity contribution in [3.63, 3.8) is 0 Å². The van der Waals surface area contributed by atoms with Gasteiger partial charge < -0.3 is 4.57 Å². The van der Waals surface area contributed by atoms with Crippen LogP contribution >= 0.6 is 11.3 Å². The molecule has 4 heteroatoms. The van der Waals surface area contributed by atoms with Crippen LogP contribution in [0.4, 0.5) is 0 Å². The number of para-hydroxylation sites is 1. The van der Waals surface area contributed by atoms with Crippen LogP contribution in [-0.2, 0) is 10.8 Å². The summed E-state index contributed by atoms with van der Waals surface area (Å²) in [5, 5.41) is 7.61. The van der Waals surface area contributed by atoms with Gasteiger partial charge in [0, 0.05) is 53.3 Å². The molecule has 62 heavy (non-hydrogen) atoms. The van der Waals surface area contributed by atoms with Crippen molar-refractivity contribution >= 4 is 64.1 Å². The third-order valence-electron chi connectivity index (χ3n) is 13.7. The first-order valence-corrected chi connectivity index (χ1v) is 22.6. The van der Waals surface area contributed by atoms with Crippen LogP contribution in [0, 0.1) is 0 Å². The van der Waals surface area contributed by atoms with E-state index in [0.717, 1.165) is 33.8 Å². The van der Waals surface area contributed by atoms with E-state index >= 15 is 0 Å². The van der Waals surface area contributed by atoms with E-state index in [1.807, 2.05) is 17.4 Å². The highest BCUT2D eigenvalue weighted by atomic mass is 32.1. The molecule has 0 saturated carbocycles. The Kier molecular flexibility index (Phi) is 8.23. The number of nitrogens with zero attached hydrogens (tertiary/aromatic N) is 3. The Hall–Kier alpha value is -6.88. The fraction of sp³-hybridized carbons (Fsp3) is 0.138. The molecule has 1 aliphatic rings. The number of rotatable bonds is 5. The molecule has 3 aromatic heterocycles. The monoisotopic (exact) mass is 815 g/mol. The normalized spacial score (nSPS) is 14.6. The fourth-order valence-electron chi connectivity index (χ4n) is 10.1. The van der Waals surface area contributed by atoms with E-state index in [4.69, 9.17) is 9.97 Å². The van der Waals surface area contributed by atoms with Crippen molar-refractivity contribution < 1.29 is 0 Å². The van der Waals surface area contributed by atoms with Gasteiger partial charge in [-0.3, -0.25) is 0 Å². The van der Waals surface area contributed by atoms with Gasteiger partial charge in [-0.2, -0.15) is 0 Å². The molecular formula is C58H45N3S. The maximum Gasteiger partial charge on any atom is 0.160 e. The van der Waals surface area contributed by atoms with Gasteiger partial charge in [-0.25, -0.2) is 9.97 Å². The highest BCUT2D eigenvalue weighted by Gasteiger charge is 2.38. The highest BCUT2D eigenvalue weighted by molar-refractivity contribution is 7.26. The van der Waals surface area contributed by atoms with Crippen LogP contribution in [0.3, 0.4) is 0 Å².